The van der Waals surface area contributed by atoms with Crippen LogP contribution in [0.3, 0.4) is 0 Å². The summed E-state index contributed by atoms with van der Waals surface area (Å²) in [4.78, 5) is 15.4. The van der Waals surface area contributed by atoms with Crippen LogP contribution in [-0.4, -0.2) is 62.0 Å². The molecule has 3 rings (SSSR count). The third kappa shape index (κ3) is 3.46. The van der Waals surface area contributed by atoms with Crippen molar-refractivity contribution in [2.45, 2.75) is 23.6 Å². The predicted molar refractivity (Wildman–Crippen MR) is 95.8 cm³/mol. The largest absolute Gasteiger partial charge is 0.325 e. The van der Waals surface area contributed by atoms with E-state index in [0.29, 0.717) is 24.5 Å². The molecule has 1 unspecified atom stereocenters. The fraction of sp³-hybridized carbons (Fsp3) is 0.562. The van der Waals surface area contributed by atoms with Crippen molar-refractivity contribution in [1.29, 1.82) is 0 Å². The van der Waals surface area contributed by atoms with Gasteiger partial charge >= 0.3 is 0 Å². The molecule has 6 nitrogen and oxygen atoms in total. The Morgan fingerprint density at radius 3 is 2.62 bits per heavy atom. The van der Waals surface area contributed by atoms with Crippen LogP contribution in [0.5, 0.6) is 0 Å². The van der Waals surface area contributed by atoms with Crippen molar-refractivity contribution in [3.8, 4) is 0 Å². The summed E-state index contributed by atoms with van der Waals surface area (Å²) in [5, 5.41) is 2.85. The Bertz CT molecular complexity index is 728. The molecule has 0 saturated carbocycles. The van der Waals surface area contributed by atoms with Crippen molar-refractivity contribution in [3.05, 3.63) is 18.2 Å². The number of sulfonamides is 1. The first kappa shape index (κ1) is 17.7. The van der Waals surface area contributed by atoms with Crippen LogP contribution < -0.4 is 5.32 Å². The topological polar surface area (TPSA) is 69.7 Å². The van der Waals surface area contributed by atoms with Crippen LogP contribution in [0.25, 0.3) is 0 Å². The molecule has 132 valence electrons. The standard InChI is InChI=1S/C16H23N3O3S2/c1-3-18-6-8-19(9-7-18)24(21,22)13-4-5-15-14(10-13)17-16(20)12(2)11-23-15/h4-5,10,12H,3,6-9,11H2,1-2H3,(H,17,20). The molecule has 1 atom stereocenters. The number of hydrogen-bond donors (Lipinski definition) is 1. The fourth-order valence-corrected chi connectivity index (χ4v) is 5.33. The zero-order valence-electron chi connectivity index (χ0n) is 14.0. The van der Waals surface area contributed by atoms with E-state index in [4.69, 9.17) is 0 Å². The Kier molecular flexibility index (Phi) is 5.19. The average Bonchev–Trinajstić information content (AvgIpc) is 2.73. The van der Waals surface area contributed by atoms with E-state index in [1.54, 1.807) is 30.0 Å². The maximum atomic E-state index is 12.9. The van der Waals surface area contributed by atoms with Gasteiger partial charge in [-0.05, 0) is 24.7 Å². The molecular formula is C16H23N3O3S2. The van der Waals surface area contributed by atoms with E-state index in [2.05, 4.69) is 17.1 Å². The van der Waals surface area contributed by atoms with Gasteiger partial charge in [0, 0.05) is 42.7 Å². The van der Waals surface area contributed by atoms with Crippen LogP contribution in [0.1, 0.15) is 13.8 Å². The number of fused-ring (bicyclic) bond motifs is 1. The number of hydrogen-bond acceptors (Lipinski definition) is 5. The second-order valence-electron chi connectivity index (χ2n) is 6.20. The SMILES string of the molecule is CCN1CCN(S(=O)(=O)c2ccc3c(c2)NC(=O)C(C)CS3)CC1. The summed E-state index contributed by atoms with van der Waals surface area (Å²) >= 11 is 1.58. The number of nitrogens with zero attached hydrogens (tertiary/aromatic N) is 2. The third-order valence-electron chi connectivity index (χ3n) is 4.56. The smallest absolute Gasteiger partial charge is 0.243 e. The summed E-state index contributed by atoms with van der Waals surface area (Å²) in [6.45, 7) is 7.41. The van der Waals surface area contributed by atoms with Crippen LogP contribution in [0.4, 0.5) is 5.69 Å². The lowest BCUT2D eigenvalue weighted by atomic mass is 10.2. The first-order chi connectivity index (χ1) is 11.4. The molecule has 1 saturated heterocycles. The quantitative estimate of drug-likeness (QED) is 0.878. The van der Waals surface area contributed by atoms with Gasteiger partial charge in [-0.3, -0.25) is 4.79 Å². The molecule has 2 heterocycles. The number of rotatable bonds is 3. The van der Waals surface area contributed by atoms with E-state index >= 15 is 0 Å². The zero-order valence-corrected chi connectivity index (χ0v) is 15.6. The van der Waals surface area contributed by atoms with Gasteiger partial charge in [-0.1, -0.05) is 13.8 Å². The number of carbonyl (C=O) groups is 1. The van der Waals surface area contributed by atoms with Crippen molar-refractivity contribution in [3.63, 3.8) is 0 Å². The highest BCUT2D eigenvalue weighted by atomic mass is 32.2. The molecule has 1 fully saturated rings. The minimum atomic E-state index is -3.52. The first-order valence-electron chi connectivity index (χ1n) is 8.22. The Labute approximate surface area is 147 Å². The minimum Gasteiger partial charge on any atom is -0.325 e. The monoisotopic (exact) mass is 369 g/mol. The number of likely N-dealkylation sites (N-methyl/N-ethyl adjacent to an activating group) is 1. The van der Waals surface area contributed by atoms with E-state index in [9.17, 15) is 13.2 Å². The Balaban J connectivity index is 1.85. The van der Waals surface area contributed by atoms with Crippen molar-refractivity contribution in [2.75, 3.05) is 43.8 Å². The molecule has 1 N–H and O–H groups in total. The third-order valence-corrected chi connectivity index (χ3v) is 7.79. The molecular weight excluding hydrogens is 346 g/mol. The molecule has 0 bridgehead atoms. The summed E-state index contributed by atoms with van der Waals surface area (Å²) in [6.07, 6.45) is 0. The van der Waals surface area contributed by atoms with E-state index < -0.39 is 10.0 Å². The number of benzene rings is 1. The summed E-state index contributed by atoms with van der Waals surface area (Å²) in [5.74, 6) is 0.543. The molecule has 24 heavy (non-hydrogen) atoms. The van der Waals surface area contributed by atoms with Crippen LogP contribution in [-0.2, 0) is 14.8 Å². The van der Waals surface area contributed by atoms with Crippen LogP contribution in [0, 0.1) is 5.92 Å². The normalized spacial score (nSPS) is 23.4. The van der Waals surface area contributed by atoms with Crippen molar-refractivity contribution in [1.82, 2.24) is 9.21 Å². The summed E-state index contributed by atoms with van der Waals surface area (Å²) in [6, 6.07) is 5.04. The molecule has 1 aromatic carbocycles. The molecule has 0 radical (unpaired) electrons. The average molecular weight is 370 g/mol. The number of piperazine rings is 1. The zero-order chi connectivity index (χ0) is 17.3. The summed E-state index contributed by atoms with van der Waals surface area (Å²) < 4.78 is 27.3. The maximum Gasteiger partial charge on any atom is 0.243 e. The van der Waals surface area contributed by atoms with E-state index in [1.807, 2.05) is 6.92 Å². The van der Waals surface area contributed by atoms with Gasteiger partial charge in [-0.25, -0.2) is 8.42 Å². The second kappa shape index (κ2) is 7.03. The van der Waals surface area contributed by atoms with Crippen LogP contribution in [0.15, 0.2) is 28.0 Å². The van der Waals surface area contributed by atoms with Crippen LogP contribution in [0.2, 0.25) is 0 Å². The number of carbonyl (C=O) groups excluding carboxylic acids is 1. The molecule has 1 aromatic rings. The van der Waals surface area contributed by atoms with Crippen molar-refractivity contribution >= 4 is 33.4 Å². The summed E-state index contributed by atoms with van der Waals surface area (Å²) in [5.41, 5.74) is 0.600. The van der Waals surface area contributed by atoms with Crippen molar-refractivity contribution in [2.24, 2.45) is 5.92 Å². The lowest BCUT2D eigenvalue weighted by Crippen LogP contribution is -2.48. The van der Waals surface area contributed by atoms with Gasteiger partial charge in [0.05, 0.1) is 10.6 Å². The number of anilines is 1. The van der Waals surface area contributed by atoms with Gasteiger partial charge in [0.2, 0.25) is 15.9 Å². The lowest BCUT2D eigenvalue weighted by molar-refractivity contribution is -0.118. The molecule has 2 aliphatic rings. The number of amides is 1. The van der Waals surface area contributed by atoms with Gasteiger partial charge in [-0.2, -0.15) is 4.31 Å². The maximum absolute atomic E-state index is 12.9. The predicted octanol–water partition coefficient (Wildman–Crippen LogP) is 1.69. The lowest BCUT2D eigenvalue weighted by Gasteiger charge is -2.33. The van der Waals surface area contributed by atoms with Gasteiger partial charge in [0.25, 0.3) is 0 Å². The molecule has 1 amide bonds. The molecule has 0 spiro atoms. The highest BCUT2D eigenvalue weighted by Crippen LogP contribution is 2.34. The summed E-state index contributed by atoms with van der Waals surface area (Å²) in [7, 11) is -3.52. The highest BCUT2D eigenvalue weighted by molar-refractivity contribution is 7.99. The van der Waals surface area contributed by atoms with Crippen molar-refractivity contribution < 1.29 is 13.2 Å². The van der Waals surface area contributed by atoms with E-state index in [0.717, 1.165) is 24.5 Å². The molecule has 2 aliphatic heterocycles. The molecule has 8 heteroatoms. The van der Waals surface area contributed by atoms with Gasteiger partial charge < -0.3 is 10.2 Å². The number of nitrogens with one attached hydrogen (secondary N) is 1. The second-order valence-corrected chi connectivity index (χ2v) is 9.20. The Morgan fingerprint density at radius 1 is 1.25 bits per heavy atom. The highest BCUT2D eigenvalue weighted by Gasteiger charge is 2.29. The van der Waals surface area contributed by atoms with E-state index in [-0.39, 0.29) is 16.7 Å². The van der Waals surface area contributed by atoms with Crippen LogP contribution >= 0.6 is 11.8 Å². The molecule has 0 aromatic heterocycles. The molecule has 0 aliphatic carbocycles. The van der Waals surface area contributed by atoms with E-state index in [1.165, 1.54) is 4.31 Å². The minimum absolute atomic E-state index is 0.0626. The fourth-order valence-electron chi connectivity index (χ4n) is 2.87. The number of thioether (sulfide) groups is 1. The van der Waals surface area contributed by atoms with Gasteiger partial charge in [0.15, 0.2) is 0 Å². The first-order valence-corrected chi connectivity index (χ1v) is 10.6. The Morgan fingerprint density at radius 2 is 1.96 bits per heavy atom. The van der Waals surface area contributed by atoms with Gasteiger partial charge in [0.1, 0.15) is 0 Å². The Hall–Kier alpha value is -1.09. The van der Waals surface area contributed by atoms with Gasteiger partial charge in [-0.15, -0.1) is 11.8 Å².